The SMILES string of the molecule is CCNc1cc(NC2CCCC(C)C2)nc(C(C)(C)C)n1. The molecule has 2 N–H and O–H groups in total. The van der Waals surface area contributed by atoms with Crippen molar-refractivity contribution in [1.29, 1.82) is 0 Å². The molecule has 0 aromatic carbocycles. The lowest BCUT2D eigenvalue weighted by Gasteiger charge is -2.28. The summed E-state index contributed by atoms with van der Waals surface area (Å²) in [4.78, 5) is 9.38. The van der Waals surface area contributed by atoms with E-state index in [0.29, 0.717) is 6.04 Å². The zero-order chi connectivity index (χ0) is 15.5. The van der Waals surface area contributed by atoms with E-state index < -0.39 is 0 Å². The summed E-state index contributed by atoms with van der Waals surface area (Å²) in [6.07, 6.45) is 5.16. The molecule has 1 aromatic heterocycles. The topological polar surface area (TPSA) is 49.8 Å². The summed E-state index contributed by atoms with van der Waals surface area (Å²) in [6.45, 7) is 11.8. The first-order valence-electron chi connectivity index (χ1n) is 8.28. The van der Waals surface area contributed by atoms with E-state index in [9.17, 15) is 0 Å². The summed E-state index contributed by atoms with van der Waals surface area (Å²) in [7, 11) is 0. The molecule has 1 aliphatic carbocycles. The lowest BCUT2D eigenvalue weighted by molar-refractivity contribution is 0.358. The van der Waals surface area contributed by atoms with Crippen LogP contribution < -0.4 is 10.6 Å². The lowest BCUT2D eigenvalue weighted by atomic mass is 9.87. The molecule has 2 rings (SSSR count). The van der Waals surface area contributed by atoms with E-state index in [-0.39, 0.29) is 5.41 Å². The second kappa shape index (κ2) is 6.63. The van der Waals surface area contributed by atoms with Gasteiger partial charge in [0.25, 0.3) is 0 Å². The molecule has 0 spiro atoms. The van der Waals surface area contributed by atoms with Gasteiger partial charge in [-0.3, -0.25) is 0 Å². The first-order chi connectivity index (χ1) is 9.88. The number of hydrogen-bond acceptors (Lipinski definition) is 4. The summed E-state index contributed by atoms with van der Waals surface area (Å²) >= 11 is 0. The van der Waals surface area contributed by atoms with Gasteiger partial charge in [-0.25, -0.2) is 9.97 Å². The maximum Gasteiger partial charge on any atom is 0.138 e. The second-order valence-corrected chi connectivity index (χ2v) is 7.36. The molecule has 1 heterocycles. The summed E-state index contributed by atoms with van der Waals surface area (Å²) in [5.41, 5.74) is -0.0400. The van der Waals surface area contributed by atoms with E-state index in [4.69, 9.17) is 4.98 Å². The molecule has 4 nitrogen and oxygen atoms in total. The van der Waals surface area contributed by atoms with Gasteiger partial charge < -0.3 is 10.6 Å². The maximum absolute atomic E-state index is 4.74. The number of aromatic nitrogens is 2. The predicted molar refractivity (Wildman–Crippen MR) is 89.9 cm³/mol. The average Bonchev–Trinajstić information content (AvgIpc) is 2.37. The van der Waals surface area contributed by atoms with Gasteiger partial charge in [0, 0.05) is 24.1 Å². The van der Waals surface area contributed by atoms with Crippen molar-refractivity contribution in [2.24, 2.45) is 5.92 Å². The first kappa shape index (κ1) is 16.1. The molecule has 0 bridgehead atoms. The van der Waals surface area contributed by atoms with Crippen molar-refractivity contribution < 1.29 is 0 Å². The van der Waals surface area contributed by atoms with Crippen molar-refractivity contribution in [3.8, 4) is 0 Å². The first-order valence-corrected chi connectivity index (χ1v) is 8.28. The second-order valence-electron chi connectivity index (χ2n) is 7.36. The molecule has 0 aliphatic heterocycles. The molecule has 4 heteroatoms. The maximum atomic E-state index is 4.74. The van der Waals surface area contributed by atoms with E-state index in [1.165, 1.54) is 25.7 Å². The van der Waals surface area contributed by atoms with Crippen molar-refractivity contribution in [1.82, 2.24) is 9.97 Å². The Morgan fingerprint density at radius 1 is 1.19 bits per heavy atom. The molecule has 1 fully saturated rings. The number of anilines is 2. The zero-order valence-electron chi connectivity index (χ0n) is 14.2. The molecular weight excluding hydrogens is 260 g/mol. The standard InChI is InChI=1S/C17H30N4/c1-6-18-14-11-15(21-16(20-14)17(3,4)5)19-13-9-7-8-12(2)10-13/h11-13H,6-10H2,1-5H3,(H2,18,19,20,21). The van der Waals surface area contributed by atoms with E-state index in [1.54, 1.807) is 0 Å². The van der Waals surface area contributed by atoms with Crippen molar-refractivity contribution in [2.45, 2.75) is 71.8 Å². The highest BCUT2D eigenvalue weighted by Crippen LogP contribution is 2.27. The van der Waals surface area contributed by atoms with Gasteiger partial charge in [-0.2, -0.15) is 0 Å². The van der Waals surface area contributed by atoms with Gasteiger partial charge in [0.05, 0.1) is 0 Å². The summed E-state index contributed by atoms with van der Waals surface area (Å²) in [5, 5.41) is 6.95. The fourth-order valence-electron chi connectivity index (χ4n) is 2.90. The van der Waals surface area contributed by atoms with Crippen LogP contribution in [0.15, 0.2) is 6.07 Å². The number of rotatable bonds is 4. The Morgan fingerprint density at radius 3 is 2.52 bits per heavy atom. The largest absolute Gasteiger partial charge is 0.370 e. The third-order valence-corrected chi connectivity index (χ3v) is 4.04. The minimum atomic E-state index is -0.0400. The van der Waals surface area contributed by atoms with Gasteiger partial charge >= 0.3 is 0 Å². The molecule has 0 saturated heterocycles. The van der Waals surface area contributed by atoms with Crippen molar-refractivity contribution >= 4 is 11.6 Å². The summed E-state index contributed by atoms with van der Waals surface area (Å²) in [5.74, 6) is 3.59. The van der Waals surface area contributed by atoms with Crippen molar-refractivity contribution in [3.05, 3.63) is 11.9 Å². The fourth-order valence-corrected chi connectivity index (χ4v) is 2.90. The van der Waals surface area contributed by atoms with Crippen LogP contribution in [0.2, 0.25) is 0 Å². The number of nitrogens with zero attached hydrogens (tertiary/aromatic N) is 2. The Hall–Kier alpha value is -1.32. The van der Waals surface area contributed by atoms with E-state index in [0.717, 1.165) is 29.9 Å². The average molecular weight is 290 g/mol. The zero-order valence-corrected chi connectivity index (χ0v) is 14.2. The molecule has 1 saturated carbocycles. The molecule has 21 heavy (non-hydrogen) atoms. The molecular formula is C17H30N4. The molecule has 1 aromatic rings. The molecule has 118 valence electrons. The monoisotopic (exact) mass is 290 g/mol. The number of hydrogen-bond donors (Lipinski definition) is 2. The van der Waals surface area contributed by atoms with Crippen LogP contribution >= 0.6 is 0 Å². The van der Waals surface area contributed by atoms with Gasteiger partial charge in [-0.1, -0.05) is 40.5 Å². The van der Waals surface area contributed by atoms with Crippen LogP contribution in [0.4, 0.5) is 11.6 Å². The van der Waals surface area contributed by atoms with Crippen LogP contribution in [0.5, 0.6) is 0 Å². The molecule has 0 radical (unpaired) electrons. The number of nitrogens with one attached hydrogen (secondary N) is 2. The third kappa shape index (κ3) is 4.58. The van der Waals surface area contributed by atoms with Gasteiger partial charge in [-0.15, -0.1) is 0 Å². The van der Waals surface area contributed by atoms with Crippen LogP contribution in [-0.4, -0.2) is 22.6 Å². The fraction of sp³-hybridized carbons (Fsp3) is 0.765. The Bertz CT molecular complexity index is 464. The van der Waals surface area contributed by atoms with Gasteiger partial charge in [0.15, 0.2) is 0 Å². The highest BCUT2D eigenvalue weighted by Gasteiger charge is 2.22. The van der Waals surface area contributed by atoms with E-state index in [1.807, 2.05) is 6.07 Å². The molecule has 2 unspecified atom stereocenters. The van der Waals surface area contributed by atoms with E-state index in [2.05, 4.69) is 50.2 Å². The van der Waals surface area contributed by atoms with Crippen molar-refractivity contribution in [2.75, 3.05) is 17.2 Å². The Balaban J connectivity index is 2.19. The Kier molecular flexibility index (Phi) is 5.07. The summed E-state index contributed by atoms with van der Waals surface area (Å²) in [6, 6.07) is 2.59. The molecule has 2 atom stereocenters. The van der Waals surface area contributed by atoms with Crippen LogP contribution in [0.25, 0.3) is 0 Å². The van der Waals surface area contributed by atoms with Crippen molar-refractivity contribution in [3.63, 3.8) is 0 Å². The predicted octanol–water partition coefficient (Wildman–Crippen LogP) is 4.20. The van der Waals surface area contributed by atoms with E-state index >= 15 is 0 Å². The minimum Gasteiger partial charge on any atom is -0.370 e. The highest BCUT2D eigenvalue weighted by molar-refractivity contribution is 5.48. The molecule has 0 amide bonds. The van der Waals surface area contributed by atoms with Crippen LogP contribution in [0.3, 0.4) is 0 Å². The quantitative estimate of drug-likeness (QED) is 0.872. The van der Waals surface area contributed by atoms with Crippen LogP contribution in [0.1, 0.15) is 66.1 Å². The van der Waals surface area contributed by atoms with Gasteiger partial charge in [0.1, 0.15) is 17.5 Å². The normalized spacial score (nSPS) is 22.9. The van der Waals surface area contributed by atoms with Crippen LogP contribution in [0, 0.1) is 5.92 Å². The van der Waals surface area contributed by atoms with Gasteiger partial charge in [0.2, 0.25) is 0 Å². The Labute approximate surface area is 129 Å². The molecule has 1 aliphatic rings. The van der Waals surface area contributed by atoms with Crippen LogP contribution in [-0.2, 0) is 5.41 Å². The smallest absolute Gasteiger partial charge is 0.138 e. The minimum absolute atomic E-state index is 0.0400. The van der Waals surface area contributed by atoms with Gasteiger partial charge in [-0.05, 0) is 25.7 Å². The lowest BCUT2D eigenvalue weighted by Crippen LogP contribution is -2.27. The third-order valence-electron chi connectivity index (χ3n) is 4.04. The Morgan fingerprint density at radius 2 is 1.90 bits per heavy atom. The summed E-state index contributed by atoms with van der Waals surface area (Å²) < 4.78 is 0. The highest BCUT2D eigenvalue weighted by atomic mass is 15.1.